The fourth-order valence-corrected chi connectivity index (χ4v) is 2.56. The minimum atomic E-state index is 0.321. The van der Waals surface area contributed by atoms with Gasteiger partial charge in [0.2, 0.25) is 0 Å². The topological polar surface area (TPSA) is 21.3 Å². The summed E-state index contributed by atoms with van der Waals surface area (Å²) in [6.45, 7) is 4.91. The molecule has 2 aromatic carbocycles. The fourth-order valence-electron chi connectivity index (χ4n) is 2.56. The molecule has 2 heteroatoms. The van der Waals surface area contributed by atoms with Gasteiger partial charge in [-0.05, 0) is 29.7 Å². The number of ether oxygens (including phenoxy) is 1. The van der Waals surface area contributed by atoms with Crippen molar-refractivity contribution in [1.29, 1.82) is 0 Å². The van der Waals surface area contributed by atoms with Gasteiger partial charge in [-0.1, -0.05) is 42.0 Å². The molecule has 0 aromatic heterocycles. The van der Waals surface area contributed by atoms with E-state index >= 15 is 0 Å². The van der Waals surface area contributed by atoms with Gasteiger partial charge in [-0.25, -0.2) is 0 Å². The summed E-state index contributed by atoms with van der Waals surface area (Å²) < 4.78 is 5.75. The molecule has 18 heavy (non-hydrogen) atoms. The van der Waals surface area contributed by atoms with Gasteiger partial charge >= 0.3 is 0 Å². The summed E-state index contributed by atoms with van der Waals surface area (Å²) >= 11 is 0. The van der Waals surface area contributed by atoms with Crippen molar-refractivity contribution in [3.63, 3.8) is 0 Å². The van der Waals surface area contributed by atoms with E-state index in [9.17, 15) is 0 Å². The maximum Gasteiger partial charge on any atom is 0.0740 e. The number of rotatable bonds is 2. The molecule has 94 valence electrons. The van der Waals surface area contributed by atoms with E-state index in [2.05, 4.69) is 48.6 Å². The van der Waals surface area contributed by atoms with E-state index < -0.39 is 0 Å². The van der Waals surface area contributed by atoms with Gasteiger partial charge in [0.15, 0.2) is 0 Å². The summed E-state index contributed by atoms with van der Waals surface area (Å²) in [4.78, 5) is 0. The Bertz CT molecular complexity index is 544. The second-order valence-corrected chi connectivity index (χ2v) is 5.09. The van der Waals surface area contributed by atoms with E-state index in [-0.39, 0.29) is 0 Å². The molecule has 0 amide bonds. The summed E-state index contributed by atoms with van der Waals surface area (Å²) in [5.74, 6) is 0. The minimum absolute atomic E-state index is 0.321. The van der Waals surface area contributed by atoms with E-state index in [1.165, 1.54) is 21.9 Å². The molecule has 0 spiro atoms. The summed E-state index contributed by atoms with van der Waals surface area (Å²) in [5.41, 5.74) is 2.68. The molecule has 1 heterocycles. The Hall–Kier alpha value is -1.38. The molecule has 2 nitrogen and oxygen atoms in total. The maximum absolute atomic E-state index is 5.75. The van der Waals surface area contributed by atoms with Crippen molar-refractivity contribution < 1.29 is 4.74 Å². The second kappa shape index (κ2) is 5.09. The van der Waals surface area contributed by atoms with Crippen LogP contribution in [0.15, 0.2) is 36.4 Å². The average molecular weight is 241 g/mol. The molecule has 1 aliphatic heterocycles. The second-order valence-electron chi connectivity index (χ2n) is 5.09. The van der Waals surface area contributed by atoms with Crippen LogP contribution in [0.3, 0.4) is 0 Å². The lowest BCUT2D eigenvalue weighted by molar-refractivity contribution is 0.0292. The van der Waals surface area contributed by atoms with Crippen molar-refractivity contribution in [2.75, 3.05) is 19.7 Å². The zero-order valence-electron chi connectivity index (χ0n) is 10.8. The summed E-state index contributed by atoms with van der Waals surface area (Å²) in [7, 11) is 0. The predicted molar refractivity (Wildman–Crippen MR) is 75.0 cm³/mol. The minimum Gasteiger partial charge on any atom is -0.375 e. The fraction of sp³-hybridized carbons (Fsp3) is 0.375. The zero-order valence-corrected chi connectivity index (χ0v) is 10.8. The van der Waals surface area contributed by atoms with E-state index in [4.69, 9.17) is 4.74 Å². The van der Waals surface area contributed by atoms with Crippen molar-refractivity contribution in [2.45, 2.75) is 19.4 Å². The molecule has 0 aliphatic carbocycles. The Morgan fingerprint density at radius 3 is 2.83 bits per heavy atom. The van der Waals surface area contributed by atoms with Crippen LogP contribution in [-0.2, 0) is 11.2 Å². The lowest BCUT2D eigenvalue weighted by Gasteiger charge is -2.23. The van der Waals surface area contributed by atoms with Crippen LogP contribution in [0.25, 0.3) is 10.8 Å². The van der Waals surface area contributed by atoms with Crippen LogP contribution in [0.2, 0.25) is 0 Å². The Morgan fingerprint density at radius 2 is 2.00 bits per heavy atom. The Labute approximate surface area is 108 Å². The van der Waals surface area contributed by atoms with Gasteiger partial charge in [-0.2, -0.15) is 0 Å². The molecule has 1 N–H and O–H groups in total. The van der Waals surface area contributed by atoms with Crippen LogP contribution < -0.4 is 5.32 Å². The summed E-state index contributed by atoms with van der Waals surface area (Å²) in [6.07, 6.45) is 1.32. The van der Waals surface area contributed by atoms with E-state index in [0.717, 1.165) is 26.1 Å². The van der Waals surface area contributed by atoms with Crippen LogP contribution in [0.5, 0.6) is 0 Å². The number of aryl methyl sites for hydroxylation is 1. The van der Waals surface area contributed by atoms with E-state index in [0.29, 0.717) is 6.10 Å². The Kier molecular flexibility index (Phi) is 3.31. The number of nitrogens with one attached hydrogen (secondary N) is 1. The smallest absolute Gasteiger partial charge is 0.0740 e. The molecular weight excluding hydrogens is 222 g/mol. The molecule has 2 aromatic rings. The maximum atomic E-state index is 5.75. The van der Waals surface area contributed by atoms with E-state index in [1.807, 2.05) is 0 Å². The summed E-state index contributed by atoms with van der Waals surface area (Å²) in [5, 5.41) is 6.02. The van der Waals surface area contributed by atoms with Gasteiger partial charge in [0.1, 0.15) is 0 Å². The van der Waals surface area contributed by atoms with Crippen LogP contribution in [0.4, 0.5) is 0 Å². The molecule has 0 saturated carbocycles. The highest BCUT2D eigenvalue weighted by Gasteiger charge is 2.13. The quantitative estimate of drug-likeness (QED) is 0.873. The zero-order chi connectivity index (χ0) is 12.4. The largest absolute Gasteiger partial charge is 0.375 e. The normalized spacial score (nSPS) is 20.2. The first-order valence-electron chi connectivity index (χ1n) is 6.63. The van der Waals surface area contributed by atoms with Gasteiger partial charge in [0, 0.05) is 13.1 Å². The van der Waals surface area contributed by atoms with Crippen molar-refractivity contribution in [2.24, 2.45) is 0 Å². The lowest BCUT2D eigenvalue weighted by atomic mass is 10.0. The number of morpholine rings is 1. The summed E-state index contributed by atoms with van der Waals surface area (Å²) in [6, 6.07) is 13.3. The Morgan fingerprint density at radius 1 is 1.17 bits per heavy atom. The first-order chi connectivity index (χ1) is 8.81. The molecular formula is C16H19NO. The highest BCUT2D eigenvalue weighted by atomic mass is 16.5. The number of fused-ring (bicyclic) bond motifs is 1. The number of benzene rings is 2. The lowest BCUT2D eigenvalue weighted by Crippen LogP contribution is -2.39. The molecule has 1 saturated heterocycles. The van der Waals surface area contributed by atoms with Crippen molar-refractivity contribution in [3.8, 4) is 0 Å². The standard InChI is InChI=1S/C16H19NO/c1-12-2-4-15-9-13(3-5-14(15)8-12)10-16-11-17-6-7-18-16/h2-5,8-9,16-17H,6-7,10-11H2,1H3. The number of hydrogen-bond acceptors (Lipinski definition) is 2. The third kappa shape index (κ3) is 2.55. The highest BCUT2D eigenvalue weighted by molar-refractivity contribution is 5.83. The molecule has 0 bridgehead atoms. The number of hydrogen-bond donors (Lipinski definition) is 1. The van der Waals surface area contributed by atoms with Gasteiger partial charge < -0.3 is 10.1 Å². The average Bonchev–Trinajstić information content (AvgIpc) is 2.40. The van der Waals surface area contributed by atoms with Crippen molar-refractivity contribution in [3.05, 3.63) is 47.5 Å². The van der Waals surface area contributed by atoms with Crippen LogP contribution in [-0.4, -0.2) is 25.8 Å². The highest BCUT2D eigenvalue weighted by Crippen LogP contribution is 2.19. The SMILES string of the molecule is Cc1ccc2cc(CC3CNCCO3)ccc2c1. The third-order valence-electron chi connectivity index (χ3n) is 3.53. The molecule has 1 unspecified atom stereocenters. The molecule has 3 rings (SSSR count). The van der Waals surface area contributed by atoms with Crippen LogP contribution in [0.1, 0.15) is 11.1 Å². The van der Waals surface area contributed by atoms with Crippen LogP contribution >= 0.6 is 0 Å². The first kappa shape index (κ1) is 11.7. The third-order valence-corrected chi connectivity index (χ3v) is 3.53. The van der Waals surface area contributed by atoms with E-state index in [1.54, 1.807) is 0 Å². The van der Waals surface area contributed by atoms with Gasteiger partial charge in [-0.3, -0.25) is 0 Å². The van der Waals surface area contributed by atoms with Gasteiger partial charge in [0.05, 0.1) is 12.7 Å². The molecule has 1 fully saturated rings. The first-order valence-corrected chi connectivity index (χ1v) is 6.63. The molecule has 1 atom stereocenters. The van der Waals surface area contributed by atoms with Crippen molar-refractivity contribution in [1.82, 2.24) is 5.32 Å². The van der Waals surface area contributed by atoms with Gasteiger partial charge in [0.25, 0.3) is 0 Å². The van der Waals surface area contributed by atoms with Crippen molar-refractivity contribution >= 4 is 10.8 Å². The predicted octanol–water partition coefficient (Wildman–Crippen LogP) is 2.68. The Balaban J connectivity index is 1.82. The van der Waals surface area contributed by atoms with Gasteiger partial charge in [-0.15, -0.1) is 0 Å². The monoisotopic (exact) mass is 241 g/mol. The molecule has 1 aliphatic rings. The van der Waals surface area contributed by atoms with Crippen LogP contribution in [0, 0.1) is 6.92 Å². The molecule has 0 radical (unpaired) electrons.